The molecule has 6 nitrogen and oxygen atoms in total. The molecule has 140 valence electrons. The minimum absolute atomic E-state index is 0.218. The van der Waals surface area contributed by atoms with Gasteiger partial charge < -0.3 is 25.2 Å². The Morgan fingerprint density at radius 3 is 2.46 bits per heavy atom. The van der Waals surface area contributed by atoms with Gasteiger partial charge in [0.2, 0.25) is 0 Å². The van der Waals surface area contributed by atoms with Gasteiger partial charge in [-0.25, -0.2) is 0 Å². The highest BCUT2D eigenvalue weighted by atomic mass is 16.5. The Hall–Kier alpha value is -0.950. The lowest BCUT2D eigenvalue weighted by Crippen LogP contribution is -2.24. The minimum atomic E-state index is -0.818. The standard InChI is InChI=1S/C18H32O6/c1-2-16-15(21)12-17(24-16)14(20)11-10-13(19)8-6-4-3-5-7-9-18(22)23/h10-11,13-17,19-21H,2-9,12H2,1H3,(H,22,23)/b11-10+/t13-,14+,15+,16-,17-/m0/s1. The summed E-state index contributed by atoms with van der Waals surface area (Å²) < 4.78 is 5.60. The second-order valence-corrected chi connectivity index (χ2v) is 6.57. The number of aliphatic carboxylic acids is 1. The smallest absolute Gasteiger partial charge is 0.303 e. The molecule has 0 aromatic rings. The fourth-order valence-corrected chi connectivity index (χ4v) is 2.97. The molecule has 0 spiro atoms. The summed E-state index contributed by atoms with van der Waals surface area (Å²) in [5.74, 6) is -0.752. The van der Waals surface area contributed by atoms with Crippen LogP contribution in [0.1, 0.15) is 64.7 Å². The van der Waals surface area contributed by atoms with Crippen molar-refractivity contribution in [3.8, 4) is 0 Å². The fraction of sp³-hybridized carbons (Fsp3) is 0.833. The molecule has 0 unspecified atom stereocenters. The zero-order valence-corrected chi connectivity index (χ0v) is 14.5. The van der Waals surface area contributed by atoms with Gasteiger partial charge in [0.1, 0.15) is 0 Å². The van der Waals surface area contributed by atoms with Crippen molar-refractivity contribution in [3.05, 3.63) is 12.2 Å². The molecular formula is C18H32O6. The number of carboxylic acids is 1. The molecule has 5 atom stereocenters. The van der Waals surface area contributed by atoms with Gasteiger partial charge in [0.15, 0.2) is 0 Å². The molecular weight excluding hydrogens is 312 g/mol. The molecule has 1 fully saturated rings. The Labute approximate surface area is 144 Å². The van der Waals surface area contributed by atoms with Gasteiger partial charge in [0, 0.05) is 12.8 Å². The number of ether oxygens (including phenoxy) is 1. The van der Waals surface area contributed by atoms with Crippen molar-refractivity contribution in [2.45, 2.75) is 95.2 Å². The second-order valence-electron chi connectivity index (χ2n) is 6.57. The monoisotopic (exact) mass is 344 g/mol. The maximum absolute atomic E-state index is 10.4. The second kappa shape index (κ2) is 11.6. The lowest BCUT2D eigenvalue weighted by atomic mass is 10.0. The van der Waals surface area contributed by atoms with Gasteiger partial charge in [-0.1, -0.05) is 44.8 Å². The molecule has 1 heterocycles. The van der Waals surface area contributed by atoms with Crippen molar-refractivity contribution in [2.75, 3.05) is 0 Å². The van der Waals surface area contributed by atoms with Crippen molar-refractivity contribution < 1.29 is 30.0 Å². The van der Waals surface area contributed by atoms with Crippen molar-refractivity contribution >= 4 is 5.97 Å². The molecule has 0 aliphatic carbocycles. The third kappa shape index (κ3) is 8.24. The summed E-state index contributed by atoms with van der Waals surface area (Å²) in [5, 5.41) is 38.3. The summed E-state index contributed by atoms with van der Waals surface area (Å²) in [7, 11) is 0. The molecule has 0 bridgehead atoms. The fourth-order valence-electron chi connectivity index (χ4n) is 2.97. The van der Waals surface area contributed by atoms with Crippen molar-refractivity contribution in [1.29, 1.82) is 0 Å². The molecule has 6 heteroatoms. The van der Waals surface area contributed by atoms with Gasteiger partial charge in [-0.15, -0.1) is 0 Å². The Morgan fingerprint density at radius 1 is 1.17 bits per heavy atom. The number of carboxylic acid groups (broad SMARTS) is 1. The number of unbranched alkanes of at least 4 members (excludes halogenated alkanes) is 4. The topological polar surface area (TPSA) is 107 Å². The van der Waals surface area contributed by atoms with E-state index < -0.39 is 30.4 Å². The van der Waals surface area contributed by atoms with Crippen LogP contribution in [0.15, 0.2) is 12.2 Å². The molecule has 4 N–H and O–H groups in total. The van der Waals surface area contributed by atoms with Crippen LogP contribution < -0.4 is 0 Å². The first kappa shape index (κ1) is 21.1. The molecule has 0 amide bonds. The van der Waals surface area contributed by atoms with Crippen molar-refractivity contribution in [1.82, 2.24) is 0 Å². The number of carbonyl (C=O) groups is 1. The highest BCUT2D eigenvalue weighted by Crippen LogP contribution is 2.25. The zero-order chi connectivity index (χ0) is 17.9. The summed E-state index contributed by atoms with van der Waals surface area (Å²) >= 11 is 0. The molecule has 1 aliphatic heterocycles. The molecule has 1 rings (SSSR count). The highest BCUT2D eigenvalue weighted by Gasteiger charge is 2.35. The van der Waals surface area contributed by atoms with Crippen molar-refractivity contribution in [3.63, 3.8) is 0 Å². The molecule has 0 aromatic heterocycles. The summed E-state index contributed by atoms with van der Waals surface area (Å²) in [6.07, 6.45) is 6.92. The molecule has 1 aliphatic rings. The van der Waals surface area contributed by atoms with Crippen LogP contribution in [0.5, 0.6) is 0 Å². The number of aliphatic hydroxyl groups excluding tert-OH is 3. The first-order chi connectivity index (χ1) is 11.4. The third-order valence-corrected chi connectivity index (χ3v) is 4.46. The van der Waals surface area contributed by atoms with E-state index in [4.69, 9.17) is 9.84 Å². The highest BCUT2D eigenvalue weighted by molar-refractivity contribution is 5.66. The van der Waals surface area contributed by atoms with Crippen molar-refractivity contribution in [2.24, 2.45) is 0 Å². The quantitative estimate of drug-likeness (QED) is 0.319. The largest absolute Gasteiger partial charge is 0.481 e. The van der Waals surface area contributed by atoms with Crippen LogP contribution in [0.25, 0.3) is 0 Å². The van der Waals surface area contributed by atoms with E-state index >= 15 is 0 Å². The number of hydrogen-bond donors (Lipinski definition) is 4. The zero-order valence-electron chi connectivity index (χ0n) is 14.5. The Morgan fingerprint density at radius 2 is 1.83 bits per heavy atom. The average molecular weight is 344 g/mol. The average Bonchev–Trinajstić information content (AvgIpc) is 2.92. The minimum Gasteiger partial charge on any atom is -0.481 e. The summed E-state index contributed by atoms with van der Waals surface area (Å²) in [6.45, 7) is 1.93. The van der Waals surface area contributed by atoms with E-state index in [0.717, 1.165) is 25.7 Å². The first-order valence-electron chi connectivity index (χ1n) is 9.03. The third-order valence-electron chi connectivity index (χ3n) is 4.46. The van der Waals surface area contributed by atoms with Crippen LogP contribution in [0.2, 0.25) is 0 Å². The van der Waals surface area contributed by atoms with Crippen LogP contribution in [0.3, 0.4) is 0 Å². The predicted molar refractivity (Wildman–Crippen MR) is 90.7 cm³/mol. The van der Waals surface area contributed by atoms with Gasteiger partial charge in [-0.3, -0.25) is 4.79 Å². The van der Waals surface area contributed by atoms with Crippen LogP contribution in [-0.4, -0.2) is 56.9 Å². The van der Waals surface area contributed by atoms with E-state index in [1.807, 2.05) is 6.92 Å². The van der Waals surface area contributed by atoms with Gasteiger partial charge >= 0.3 is 5.97 Å². The van der Waals surface area contributed by atoms with E-state index in [2.05, 4.69) is 0 Å². The Balaban J connectivity index is 2.12. The number of aliphatic hydroxyl groups is 3. The maximum Gasteiger partial charge on any atom is 0.303 e. The maximum atomic E-state index is 10.4. The molecule has 0 radical (unpaired) electrons. The van der Waals surface area contributed by atoms with Crippen LogP contribution in [-0.2, 0) is 9.53 Å². The Bertz CT molecular complexity index is 384. The van der Waals surface area contributed by atoms with Crippen LogP contribution in [0.4, 0.5) is 0 Å². The summed E-state index contributed by atoms with van der Waals surface area (Å²) in [6, 6.07) is 0. The molecule has 24 heavy (non-hydrogen) atoms. The van der Waals surface area contributed by atoms with E-state index in [-0.39, 0.29) is 12.5 Å². The first-order valence-corrected chi connectivity index (χ1v) is 9.03. The van der Waals surface area contributed by atoms with Gasteiger partial charge in [0.05, 0.1) is 30.5 Å². The lowest BCUT2D eigenvalue weighted by Gasteiger charge is -2.16. The van der Waals surface area contributed by atoms with E-state index in [9.17, 15) is 20.1 Å². The molecule has 0 saturated carbocycles. The molecule has 0 aromatic carbocycles. The van der Waals surface area contributed by atoms with Crippen LogP contribution >= 0.6 is 0 Å². The van der Waals surface area contributed by atoms with E-state index in [0.29, 0.717) is 25.7 Å². The summed E-state index contributed by atoms with van der Waals surface area (Å²) in [4.78, 5) is 10.4. The van der Waals surface area contributed by atoms with Gasteiger partial charge in [0.25, 0.3) is 0 Å². The lowest BCUT2D eigenvalue weighted by molar-refractivity contribution is -0.137. The van der Waals surface area contributed by atoms with Gasteiger partial charge in [-0.2, -0.15) is 0 Å². The van der Waals surface area contributed by atoms with E-state index in [1.165, 1.54) is 0 Å². The summed E-state index contributed by atoms with van der Waals surface area (Å²) in [5.41, 5.74) is 0. The van der Waals surface area contributed by atoms with Gasteiger partial charge in [-0.05, 0) is 19.3 Å². The Kier molecular flexibility index (Phi) is 10.2. The number of rotatable bonds is 12. The SMILES string of the molecule is CC[C@@H]1O[C@H]([C@H](O)/C=C/[C@@H](O)CCCCCCCC(=O)O)C[C@H]1O. The van der Waals surface area contributed by atoms with E-state index in [1.54, 1.807) is 12.2 Å². The van der Waals surface area contributed by atoms with Crippen LogP contribution in [0, 0.1) is 0 Å². The normalized spacial score (nSPS) is 26.8. The predicted octanol–water partition coefficient (Wildman–Crippen LogP) is 2.01. The number of hydrogen-bond acceptors (Lipinski definition) is 5. The molecule has 1 saturated heterocycles.